The standard InChI is InChI=1S/C26H34N2O5/c1-24(2,3)25(16-18-9-6-5-7-10-18)17-21(32-22(27)29)13-14-26(25,33-23(28)30)19-11-8-12-20(15-19)31-4/h5-12,15,21H,13-14,16-17H2,1-4H3,(H2,27,29)(H2,28,30)/t21-,25?,26+/m0/s1. The SMILES string of the molecule is COc1cccc([C@]2(OC(N)=O)CC[C@H](OC(N)=O)CC2(Cc2ccccc2)C(C)(C)C)c1. The number of hydrogen-bond donors (Lipinski definition) is 2. The van der Waals surface area contributed by atoms with E-state index in [0.29, 0.717) is 31.4 Å². The number of carbonyl (C=O) groups is 2. The van der Waals surface area contributed by atoms with Crippen molar-refractivity contribution in [3.8, 4) is 5.75 Å². The van der Waals surface area contributed by atoms with Gasteiger partial charge < -0.3 is 25.7 Å². The van der Waals surface area contributed by atoms with E-state index in [1.165, 1.54) is 0 Å². The molecule has 2 aromatic carbocycles. The molecule has 178 valence electrons. The number of amides is 2. The van der Waals surface area contributed by atoms with Crippen molar-refractivity contribution in [3.63, 3.8) is 0 Å². The van der Waals surface area contributed by atoms with Crippen molar-refractivity contribution in [2.45, 2.75) is 58.2 Å². The predicted molar refractivity (Wildman–Crippen MR) is 126 cm³/mol. The molecule has 0 saturated heterocycles. The number of benzene rings is 2. The van der Waals surface area contributed by atoms with Gasteiger partial charge in [0.25, 0.3) is 0 Å². The van der Waals surface area contributed by atoms with Crippen LogP contribution in [0.1, 0.15) is 51.2 Å². The molecule has 7 nitrogen and oxygen atoms in total. The molecule has 0 spiro atoms. The highest BCUT2D eigenvalue weighted by Crippen LogP contribution is 2.63. The fourth-order valence-corrected chi connectivity index (χ4v) is 5.53. The monoisotopic (exact) mass is 454 g/mol. The van der Waals surface area contributed by atoms with Crippen LogP contribution in [0.3, 0.4) is 0 Å². The highest BCUT2D eigenvalue weighted by atomic mass is 16.6. The molecule has 3 atom stereocenters. The van der Waals surface area contributed by atoms with Gasteiger partial charge in [-0.2, -0.15) is 0 Å². The van der Waals surface area contributed by atoms with Gasteiger partial charge in [-0.3, -0.25) is 0 Å². The van der Waals surface area contributed by atoms with E-state index in [-0.39, 0.29) is 0 Å². The summed E-state index contributed by atoms with van der Waals surface area (Å²) in [5.74, 6) is 0.651. The summed E-state index contributed by atoms with van der Waals surface area (Å²) in [5, 5.41) is 0. The average molecular weight is 455 g/mol. The second-order valence-corrected chi connectivity index (χ2v) is 9.78. The number of carbonyl (C=O) groups excluding carboxylic acids is 2. The fraction of sp³-hybridized carbons (Fsp3) is 0.462. The van der Waals surface area contributed by atoms with E-state index in [9.17, 15) is 9.59 Å². The number of methoxy groups -OCH3 is 1. The molecule has 2 aromatic rings. The van der Waals surface area contributed by atoms with E-state index in [4.69, 9.17) is 25.7 Å². The molecule has 4 N–H and O–H groups in total. The maximum atomic E-state index is 12.4. The van der Waals surface area contributed by atoms with Crippen molar-refractivity contribution < 1.29 is 23.8 Å². The van der Waals surface area contributed by atoms with Crippen molar-refractivity contribution in [2.24, 2.45) is 22.3 Å². The Morgan fingerprint density at radius 1 is 1.03 bits per heavy atom. The molecule has 2 amide bonds. The maximum Gasteiger partial charge on any atom is 0.405 e. The third-order valence-corrected chi connectivity index (χ3v) is 7.05. The van der Waals surface area contributed by atoms with Crippen LogP contribution in [0.2, 0.25) is 0 Å². The minimum atomic E-state index is -1.08. The lowest BCUT2D eigenvalue weighted by Gasteiger charge is -2.60. The summed E-state index contributed by atoms with van der Waals surface area (Å²) in [6.07, 6.45) is -0.188. The summed E-state index contributed by atoms with van der Waals surface area (Å²) in [6, 6.07) is 17.6. The summed E-state index contributed by atoms with van der Waals surface area (Å²) in [5.41, 5.74) is 10.8. The second kappa shape index (κ2) is 9.33. The zero-order valence-electron chi connectivity index (χ0n) is 19.8. The first-order valence-electron chi connectivity index (χ1n) is 11.2. The molecule has 0 radical (unpaired) electrons. The second-order valence-electron chi connectivity index (χ2n) is 9.78. The number of primary amides is 2. The Bertz CT molecular complexity index is 988. The van der Waals surface area contributed by atoms with E-state index in [0.717, 1.165) is 11.1 Å². The molecule has 7 heteroatoms. The third kappa shape index (κ3) is 4.77. The van der Waals surface area contributed by atoms with Gasteiger partial charge in [-0.1, -0.05) is 63.2 Å². The Labute approximate surface area is 195 Å². The van der Waals surface area contributed by atoms with Crippen molar-refractivity contribution >= 4 is 12.2 Å². The molecular weight excluding hydrogens is 420 g/mol. The van der Waals surface area contributed by atoms with Gasteiger partial charge in [-0.15, -0.1) is 0 Å². The highest BCUT2D eigenvalue weighted by Gasteiger charge is 2.63. The first-order valence-corrected chi connectivity index (χ1v) is 11.2. The molecule has 0 aliphatic heterocycles. The van der Waals surface area contributed by atoms with Crippen LogP contribution >= 0.6 is 0 Å². The van der Waals surface area contributed by atoms with E-state index in [1.807, 2.05) is 54.6 Å². The first kappa shape index (κ1) is 24.4. The van der Waals surface area contributed by atoms with Gasteiger partial charge in [0.2, 0.25) is 0 Å². The van der Waals surface area contributed by atoms with Crippen molar-refractivity contribution in [1.29, 1.82) is 0 Å². The summed E-state index contributed by atoms with van der Waals surface area (Å²) < 4.78 is 17.1. The normalized spacial score (nSPS) is 25.2. The van der Waals surface area contributed by atoms with Gasteiger partial charge in [0, 0.05) is 5.41 Å². The van der Waals surface area contributed by atoms with Gasteiger partial charge in [0.1, 0.15) is 17.5 Å². The highest BCUT2D eigenvalue weighted by molar-refractivity contribution is 5.66. The lowest BCUT2D eigenvalue weighted by atomic mass is 9.48. The van der Waals surface area contributed by atoms with Gasteiger partial charge in [0.05, 0.1) is 7.11 Å². The summed E-state index contributed by atoms with van der Waals surface area (Å²) >= 11 is 0. The smallest absolute Gasteiger partial charge is 0.405 e. The van der Waals surface area contributed by atoms with Gasteiger partial charge in [0.15, 0.2) is 0 Å². The lowest BCUT2D eigenvalue weighted by Crippen LogP contribution is -2.61. The van der Waals surface area contributed by atoms with Gasteiger partial charge >= 0.3 is 12.2 Å². The molecule has 1 aliphatic rings. The molecule has 0 heterocycles. The molecule has 1 fully saturated rings. The Hall–Kier alpha value is -3.22. The predicted octanol–water partition coefficient (Wildman–Crippen LogP) is 4.91. The summed E-state index contributed by atoms with van der Waals surface area (Å²) in [4.78, 5) is 24.0. The Kier molecular flexibility index (Phi) is 6.91. The number of hydrogen-bond acceptors (Lipinski definition) is 5. The average Bonchev–Trinajstić information content (AvgIpc) is 2.75. The summed E-state index contributed by atoms with van der Waals surface area (Å²) in [7, 11) is 1.60. The first-order chi connectivity index (χ1) is 15.5. The zero-order chi connectivity index (χ0) is 24.3. The maximum absolute atomic E-state index is 12.4. The van der Waals surface area contributed by atoms with Crippen LogP contribution in [0.25, 0.3) is 0 Å². The van der Waals surface area contributed by atoms with Crippen LogP contribution in [0.15, 0.2) is 54.6 Å². The van der Waals surface area contributed by atoms with Crippen LogP contribution in [0, 0.1) is 10.8 Å². The molecule has 0 aromatic heterocycles. The van der Waals surface area contributed by atoms with Gasteiger partial charge in [-0.25, -0.2) is 9.59 Å². The molecular formula is C26H34N2O5. The van der Waals surface area contributed by atoms with E-state index >= 15 is 0 Å². The third-order valence-electron chi connectivity index (χ3n) is 7.05. The number of rotatable bonds is 6. The molecule has 1 unspecified atom stereocenters. The molecule has 3 rings (SSSR count). The van der Waals surface area contributed by atoms with Crippen LogP contribution < -0.4 is 16.2 Å². The van der Waals surface area contributed by atoms with Crippen molar-refractivity contribution in [3.05, 3.63) is 65.7 Å². The number of ether oxygens (including phenoxy) is 3. The minimum absolute atomic E-state index is 0.402. The molecule has 0 bridgehead atoms. The fourth-order valence-electron chi connectivity index (χ4n) is 5.53. The lowest BCUT2D eigenvalue weighted by molar-refractivity contribution is -0.194. The Balaban J connectivity index is 2.30. The van der Waals surface area contributed by atoms with Crippen molar-refractivity contribution in [2.75, 3.05) is 7.11 Å². The Morgan fingerprint density at radius 3 is 2.30 bits per heavy atom. The largest absolute Gasteiger partial charge is 0.497 e. The topological polar surface area (TPSA) is 114 Å². The molecule has 33 heavy (non-hydrogen) atoms. The van der Waals surface area contributed by atoms with Crippen molar-refractivity contribution in [1.82, 2.24) is 0 Å². The van der Waals surface area contributed by atoms with E-state index in [1.54, 1.807) is 7.11 Å². The molecule has 1 saturated carbocycles. The van der Waals surface area contributed by atoms with Crippen LogP contribution in [-0.2, 0) is 21.5 Å². The van der Waals surface area contributed by atoms with E-state index < -0.39 is 34.7 Å². The quantitative estimate of drug-likeness (QED) is 0.644. The van der Waals surface area contributed by atoms with Crippen LogP contribution in [0.5, 0.6) is 5.75 Å². The minimum Gasteiger partial charge on any atom is -0.497 e. The van der Waals surface area contributed by atoms with Gasteiger partial charge in [-0.05, 0) is 54.4 Å². The van der Waals surface area contributed by atoms with E-state index in [2.05, 4.69) is 20.8 Å². The van der Waals surface area contributed by atoms with Crippen LogP contribution in [-0.4, -0.2) is 25.4 Å². The molecule has 1 aliphatic carbocycles. The zero-order valence-corrected chi connectivity index (χ0v) is 19.8. The van der Waals surface area contributed by atoms with Crippen LogP contribution in [0.4, 0.5) is 9.59 Å². The number of nitrogens with two attached hydrogens (primary N) is 2. The Morgan fingerprint density at radius 2 is 1.73 bits per heavy atom. The summed E-state index contributed by atoms with van der Waals surface area (Å²) in [6.45, 7) is 6.34.